The molecule has 1 aliphatic heterocycles. The van der Waals surface area contributed by atoms with Crippen molar-refractivity contribution in [3.8, 4) is 0 Å². The van der Waals surface area contributed by atoms with Gasteiger partial charge in [-0.1, -0.05) is 20.3 Å². The van der Waals surface area contributed by atoms with Crippen LogP contribution in [0.4, 0.5) is 0 Å². The van der Waals surface area contributed by atoms with Crippen molar-refractivity contribution >= 4 is 0 Å². The fourth-order valence-corrected chi connectivity index (χ4v) is 2.31. The van der Waals surface area contributed by atoms with Crippen LogP contribution in [0, 0.1) is 5.92 Å². The molecule has 1 heterocycles. The highest BCUT2D eigenvalue weighted by atomic mass is 16.5. The van der Waals surface area contributed by atoms with Gasteiger partial charge in [0, 0.05) is 5.92 Å². The number of ether oxygens (including phenoxy) is 1. The Hall–Kier alpha value is -0.160. The SMILES string of the molecule is CCCC1C(CO)OC(CC)C(O)C1O. The van der Waals surface area contributed by atoms with Crippen molar-refractivity contribution in [1.82, 2.24) is 0 Å². The topological polar surface area (TPSA) is 69.9 Å². The lowest BCUT2D eigenvalue weighted by atomic mass is 9.83. The van der Waals surface area contributed by atoms with Crippen molar-refractivity contribution in [2.75, 3.05) is 6.61 Å². The molecule has 0 bridgehead atoms. The summed E-state index contributed by atoms with van der Waals surface area (Å²) in [6, 6.07) is 0. The normalized spacial score (nSPS) is 41.8. The predicted octanol–water partition coefficient (Wildman–Crippen LogP) is 0.294. The molecule has 0 saturated carbocycles. The first kappa shape index (κ1) is 12.9. The molecular weight excluding hydrogens is 196 g/mol. The van der Waals surface area contributed by atoms with Crippen LogP contribution >= 0.6 is 0 Å². The Morgan fingerprint density at radius 1 is 1.07 bits per heavy atom. The maximum Gasteiger partial charge on any atom is 0.106 e. The minimum absolute atomic E-state index is 0.0923. The van der Waals surface area contributed by atoms with E-state index in [9.17, 15) is 15.3 Å². The van der Waals surface area contributed by atoms with Gasteiger partial charge < -0.3 is 20.1 Å². The van der Waals surface area contributed by atoms with E-state index in [0.717, 1.165) is 12.8 Å². The molecule has 5 unspecified atom stereocenters. The van der Waals surface area contributed by atoms with E-state index in [0.29, 0.717) is 6.42 Å². The average Bonchev–Trinajstić information content (AvgIpc) is 2.25. The van der Waals surface area contributed by atoms with Gasteiger partial charge in [0.1, 0.15) is 6.10 Å². The molecule has 0 spiro atoms. The van der Waals surface area contributed by atoms with E-state index in [1.165, 1.54) is 0 Å². The summed E-state index contributed by atoms with van der Waals surface area (Å²) in [6.07, 6.45) is 0.0205. The molecule has 1 saturated heterocycles. The molecule has 0 aromatic heterocycles. The van der Waals surface area contributed by atoms with Gasteiger partial charge in [0.05, 0.1) is 24.9 Å². The van der Waals surface area contributed by atoms with Crippen molar-refractivity contribution in [1.29, 1.82) is 0 Å². The molecule has 4 nitrogen and oxygen atoms in total. The fourth-order valence-electron chi connectivity index (χ4n) is 2.31. The number of hydrogen-bond acceptors (Lipinski definition) is 4. The van der Waals surface area contributed by atoms with E-state index in [-0.39, 0.29) is 24.7 Å². The van der Waals surface area contributed by atoms with E-state index in [1.807, 2.05) is 13.8 Å². The molecule has 90 valence electrons. The molecule has 1 aliphatic rings. The summed E-state index contributed by atoms with van der Waals surface area (Å²) in [4.78, 5) is 0. The number of aliphatic hydroxyl groups is 3. The minimum Gasteiger partial charge on any atom is -0.394 e. The molecule has 5 atom stereocenters. The Kier molecular flexibility index (Phi) is 4.99. The van der Waals surface area contributed by atoms with Crippen molar-refractivity contribution < 1.29 is 20.1 Å². The molecule has 1 fully saturated rings. The van der Waals surface area contributed by atoms with Gasteiger partial charge in [-0.2, -0.15) is 0 Å². The molecule has 0 aromatic rings. The van der Waals surface area contributed by atoms with E-state index >= 15 is 0 Å². The van der Waals surface area contributed by atoms with Crippen LogP contribution in [-0.4, -0.2) is 46.3 Å². The van der Waals surface area contributed by atoms with Crippen LogP contribution in [0.5, 0.6) is 0 Å². The van der Waals surface area contributed by atoms with E-state index < -0.39 is 12.2 Å². The Bertz CT molecular complexity index is 183. The van der Waals surface area contributed by atoms with Gasteiger partial charge in [-0.15, -0.1) is 0 Å². The number of rotatable bonds is 4. The maximum atomic E-state index is 9.93. The Labute approximate surface area is 90.9 Å². The quantitative estimate of drug-likeness (QED) is 0.634. The van der Waals surface area contributed by atoms with Gasteiger partial charge in [0.2, 0.25) is 0 Å². The van der Waals surface area contributed by atoms with Crippen LogP contribution in [0.1, 0.15) is 33.1 Å². The predicted molar refractivity (Wildman–Crippen MR) is 56.4 cm³/mol. The zero-order chi connectivity index (χ0) is 11.4. The van der Waals surface area contributed by atoms with Crippen LogP contribution in [0.25, 0.3) is 0 Å². The van der Waals surface area contributed by atoms with Crippen molar-refractivity contribution in [2.45, 2.75) is 57.5 Å². The first-order chi connectivity index (χ1) is 7.15. The van der Waals surface area contributed by atoms with Crippen molar-refractivity contribution in [3.63, 3.8) is 0 Å². The molecule has 0 amide bonds. The van der Waals surface area contributed by atoms with Gasteiger partial charge in [0.25, 0.3) is 0 Å². The highest BCUT2D eigenvalue weighted by molar-refractivity contribution is 4.91. The summed E-state index contributed by atoms with van der Waals surface area (Å²) in [7, 11) is 0. The molecular formula is C11H22O4. The third-order valence-corrected chi connectivity index (χ3v) is 3.20. The summed E-state index contributed by atoms with van der Waals surface area (Å²) in [6.45, 7) is 3.82. The van der Waals surface area contributed by atoms with Crippen molar-refractivity contribution in [3.05, 3.63) is 0 Å². The molecule has 0 radical (unpaired) electrons. The smallest absolute Gasteiger partial charge is 0.106 e. The summed E-state index contributed by atoms with van der Waals surface area (Å²) in [5, 5.41) is 28.9. The summed E-state index contributed by atoms with van der Waals surface area (Å²) >= 11 is 0. The monoisotopic (exact) mass is 218 g/mol. The third-order valence-electron chi connectivity index (χ3n) is 3.20. The van der Waals surface area contributed by atoms with E-state index in [4.69, 9.17) is 4.74 Å². The molecule has 0 aliphatic carbocycles. The maximum absolute atomic E-state index is 9.93. The Morgan fingerprint density at radius 3 is 2.20 bits per heavy atom. The second-order valence-electron chi connectivity index (χ2n) is 4.24. The lowest BCUT2D eigenvalue weighted by Gasteiger charge is -2.42. The first-order valence-electron chi connectivity index (χ1n) is 5.78. The van der Waals surface area contributed by atoms with Gasteiger partial charge in [-0.05, 0) is 12.8 Å². The lowest BCUT2D eigenvalue weighted by Crippen LogP contribution is -2.55. The first-order valence-corrected chi connectivity index (χ1v) is 5.78. The number of hydrogen-bond donors (Lipinski definition) is 3. The Morgan fingerprint density at radius 2 is 1.73 bits per heavy atom. The van der Waals surface area contributed by atoms with Gasteiger partial charge >= 0.3 is 0 Å². The molecule has 15 heavy (non-hydrogen) atoms. The minimum atomic E-state index is -0.825. The van der Waals surface area contributed by atoms with Crippen LogP contribution in [-0.2, 0) is 4.74 Å². The van der Waals surface area contributed by atoms with Gasteiger partial charge in [0.15, 0.2) is 0 Å². The lowest BCUT2D eigenvalue weighted by molar-refractivity contribution is -0.209. The van der Waals surface area contributed by atoms with Crippen molar-refractivity contribution in [2.24, 2.45) is 5.92 Å². The van der Waals surface area contributed by atoms with Gasteiger partial charge in [-0.3, -0.25) is 0 Å². The van der Waals surface area contributed by atoms with Gasteiger partial charge in [-0.25, -0.2) is 0 Å². The van der Waals surface area contributed by atoms with Crippen LogP contribution < -0.4 is 0 Å². The molecule has 1 rings (SSSR count). The average molecular weight is 218 g/mol. The zero-order valence-corrected chi connectivity index (χ0v) is 9.47. The van der Waals surface area contributed by atoms with Crippen LogP contribution in [0.15, 0.2) is 0 Å². The summed E-state index contributed by atoms with van der Waals surface area (Å²) in [5.41, 5.74) is 0. The summed E-state index contributed by atoms with van der Waals surface area (Å²) < 4.78 is 5.57. The largest absolute Gasteiger partial charge is 0.394 e. The molecule has 3 N–H and O–H groups in total. The molecule has 0 aromatic carbocycles. The van der Waals surface area contributed by atoms with Crippen LogP contribution in [0.3, 0.4) is 0 Å². The van der Waals surface area contributed by atoms with Crippen LogP contribution in [0.2, 0.25) is 0 Å². The summed E-state index contributed by atoms with van der Waals surface area (Å²) in [5.74, 6) is -0.155. The van der Waals surface area contributed by atoms with E-state index in [1.54, 1.807) is 0 Å². The third kappa shape index (κ3) is 2.69. The fraction of sp³-hybridized carbons (Fsp3) is 1.00. The molecule has 4 heteroatoms. The highest BCUT2D eigenvalue weighted by Crippen LogP contribution is 2.30. The zero-order valence-electron chi connectivity index (χ0n) is 9.47. The van der Waals surface area contributed by atoms with E-state index in [2.05, 4.69) is 0 Å². The standard InChI is InChI=1S/C11H22O4/c1-3-5-7-9(6-12)15-8(4-2)11(14)10(7)13/h7-14H,3-6H2,1-2H3. The second-order valence-corrected chi connectivity index (χ2v) is 4.24. The Balaban J connectivity index is 2.70. The highest BCUT2D eigenvalue weighted by Gasteiger charge is 2.42. The second kappa shape index (κ2) is 5.80. The number of aliphatic hydroxyl groups excluding tert-OH is 3.